The molecular weight excluding hydrogens is 564 g/mol. The maximum atomic E-state index is 13.5. The van der Waals surface area contributed by atoms with Gasteiger partial charge in [0.25, 0.3) is 17.6 Å². The van der Waals surface area contributed by atoms with E-state index in [1.165, 1.54) is 31.5 Å². The van der Waals surface area contributed by atoms with Crippen molar-refractivity contribution in [2.75, 3.05) is 40.4 Å². The molecule has 2 aromatic carbocycles. The van der Waals surface area contributed by atoms with Crippen LogP contribution in [0.2, 0.25) is 0 Å². The van der Waals surface area contributed by atoms with E-state index in [2.05, 4.69) is 15.1 Å². The average molecular weight is 593 g/mol. The standard InChI is InChI=1S/C32H28N6O6/c1-43-25-19-34-29(38-13-12-24(35-38)20-8-10-22(11-9-20)32(42)44-2)27-26(25)23(18-33-27)28(39)31(41)37-16-14-36(15-17-37)30(40)21-6-4-3-5-7-21/h3-13,18-19,33H,14-17H2,1-2H3. The number of nitrogens with zero attached hydrogens (tertiary/aromatic N) is 5. The van der Waals surface area contributed by atoms with Crippen LogP contribution in [0.3, 0.4) is 0 Å². The molecule has 6 rings (SSSR count). The van der Waals surface area contributed by atoms with Gasteiger partial charge >= 0.3 is 5.97 Å². The number of amides is 2. The van der Waals surface area contributed by atoms with Crippen LogP contribution in [0.5, 0.6) is 5.75 Å². The molecule has 1 saturated heterocycles. The summed E-state index contributed by atoms with van der Waals surface area (Å²) < 4.78 is 11.8. The number of ether oxygens (including phenoxy) is 2. The minimum absolute atomic E-state index is 0.106. The Kier molecular flexibility index (Phi) is 7.63. The number of benzene rings is 2. The number of hydrogen-bond acceptors (Lipinski definition) is 8. The van der Waals surface area contributed by atoms with Crippen molar-refractivity contribution in [1.82, 2.24) is 29.5 Å². The predicted octanol–water partition coefficient (Wildman–Crippen LogP) is 3.38. The molecule has 0 saturated carbocycles. The lowest BCUT2D eigenvalue weighted by Crippen LogP contribution is -2.52. The highest BCUT2D eigenvalue weighted by atomic mass is 16.5. The van der Waals surface area contributed by atoms with Gasteiger partial charge in [0.05, 0.1) is 48.1 Å². The summed E-state index contributed by atoms with van der Waals surface area (Å²) in [6, 6.07) is 17.6. The Morgan fingerprint density at radius 1 is 0.841 bits per heavy atom. The molecule has 0 atom stereocenters. The van der Waals surface area contributed by atoms with Gasteiger partial charge < -0.3 is 24.3 Å². The Labute approximate surface area is 251 Å². The van der Waals surface area contributed by atoms with Gasteiger partial charge in [0.2, 0.25) is 0 Å². The van der Waals surface area contributed by atoms with Crippen LogP contribution in [0.25, 0.3) is 28.0 Å². The zero-order valence-electron chi connectivity index (χ0n) is 24.0. The summed E-state index contributed by atoms with van der Waals surface area (Å²) >= 11 is 0. The molecule has 3 aromatic heterocycles. The Balaban J connectivity index is 1.22. The number of carbonyl (C=O) groups excluding carboxylic acids is 4. The number of rotatable bonds is 7. The minimum Gasteiger partial charge on any atom is -0.494 e. The Hall–Kier alpha value is -5.78. The quantitative estimate of drug-likeness (QED) is 0.172. The Morgan fingerprint density at radius 2 is 1.55 bits per heavy atom. The van der Waals surface area contributed by atoms with Crippen LogP contribution in [-0.2, 0) is 9.53 Å². The first-order valence-electron chi connectivity index (χ1n) is 13.9. The van der Waals surface area contributed by atoms with E-state index in [0.717, 1.165) is 5.56 Å². The smallest absolute Gasteiger partial charge is 0.337 e. The summed E-state index contributed by atoms with van der Waals surface area (Å²) in [5, 5.41) is 5.05. The number of methoxy groups -OCH3 is 2. The van der Waals surface area contributed by atoms with Gasteiger partial charge in [-0.1, -0.05) is 30.3 Å². The number of esters is 1. The first kappa shape index (κ1) is 28.3. The van der Waals surface area contributed by atoms with Crippen LogP contribution in [0.15, 0.2) is 79.3 Å². The highest BCUT2D eigenvalue weighted by molar-refractivity contribution is 6.45. The highest BCUT2D eigenvalue weighted by Gasteiger charge is 2.31. The van der Waals surface area contributed by atoms with E-state index < -0.39 is 17.7 Å². The van der Waals surface area contributed by atoms with Crippen molar-refractivity contribution in [2.24, 2.45) is 0 Å². The number of carbonyl (C=O) groups is 4. The van der Waals surface area contributed by atoms with Gasteiger partial charge in [0.15, 0.2) is 5.82 Å². The first-order chi connectivity index (χ1) is 21.4. The van der Waals surface area contributed by atoms with Gasteiger partial charge in [-0.3, -0.25) is 14.4 Å². The molecule has 12 nitrogen and oxygen atoms in total. The van der Waals surface area contributed by atoms with Crippen molar-refractivity contribution in [3.63, 3.8) is 0 Å². The molecule has 4 heterocycles. The number of piperazine rings is 1. The zero-order chi connectivity index (χ0) is 30.8. The van der Waals surface area contributed by atoms with E-state index in [-0.39, 0.29) is 24.6 Å². The monoisotopic (exact) mass is 592 g/mol. The number of Topliss-reactive ketones (excluding diaryl/α,β-unsaturated/α-hetero) is 1. The third kappa shape index (κ3) is 5.17. The fourth-order valence-electron chi connectivity index (χ4n) is 5.24. The average Bonchev–Trinajstić information content (AvgIpc) is 3.76. The molecule has 0 bridgehead atoms. The van der Waals surface area contributed by atoms with E-state index in [9.17, 15) is 19.2 Å². The van der Waals surface area contributed by atoms with Crippen molar-refractivity contribution in [1.29, 1.82) is 0 Å². The number of H-pyrrole nitrogens is 1. The number of nitrogens with one attached hydrogen (secondary N) is 1. The fraction of sp³-hybridized carbons (Fsp3) is 0.188. The van der Waals surface area contributed by atoms with Crippen LogP contribution in [0.1, 0.15) is 31.1 Å². The van der Waals surface area contributed by atoms with Gasteiger partial charge in [-0.05, 0) is 30.3 Å². The second kappa shape index (κ2) is 11.8. The molecule has 5 aromatic rings. The largest absolute Gasteiger partial charge is 0.494 e. The van der Waals surface area contributed by atoms with Crippen molar-refractivity contribution in [2.45, 2.75) is 0 Å². The number of ketones is 1. The second-order valence-electron chi connectivity index (χ2n) is 10.1. The summed E-state index contributed by atoms with van der Waals surface area (Å²) in [7, 11) is 2.79. The fourth-order valence-corrected chi connectivity index (χ4v) is 5.24. The minimum atomic E-state index is -0.693. The molecule has 1 fully saturated rings. The summed E-state index contributed by atoms with van der Waals surface area (Å²) in [5.41, 5.74) is 3.04. The highest BCUT2D eigenvalue weighted by Crippen LogP contribution is 2.32. The summed E-state index contributed by atoms with van der Waals surface area (Å²) in [4.78, 5) is 62.2. The number of aromatic nitrogens is 4. The number of hydrogen-bond donors (Lipinski definition) is 1. The van der Waals surface area contributed by atoms with Crippen molar-refractivity contribution in [3.05, 3.63) is 95.9 Å². The van der Waals surface area contributed by atoms with E-state index in [4.69, 9.17) is 9.47 Å². The lowest BCUT2D eigenvalue weighted by Gasteiger charge is -2.34. The number of fused-ring (bicyclic) bond motifs is 1. The van der Waals surface area contributed by atoms with E-state index in [0.29, 0.717) is 52.4 Å². The van der Waals surface area contributed by atoms with E-state index in [1.54, 1.807) is 70.4 Å². The molecule has 0 unspecified atom stereocenters. The molecule has 0 radical (unpaired) electrons. The topological polar surface area (TPSA) is 140 Å². The Bertz CT molecular complexity index is 1870. The molecule has 222 valence electrons. The number of pyridine rings is 1. The second-order valence-corrected chi connectivity index (χ2v) is 10.1. The maximum Gasteiger partial charge on any atom is 0.337 e. The lowest BCUT2D eigenvalue weighted by molar-refractivity contribution is -0.127. The van der Waals surface area contributed by atoms with Crippen molar-refractivity contribution >= 4 is 34.5 Å². The lowest BCUT2D eigenvalue weighted by atomic mass is 10.1. The number of aromatic amines is 1. The summed E-state index contributed by atoms with van der Waals surface area (Å²) in [6.07, 6.45) is 4.68. The molecule has 12 heteroatoms. The maximum absolute atomic E-state index is 13.5. The first-order valence-corrected chi connectivity index (χ1v) is 13.9. The van der Waals surface area contributed by atoms with Gasteiger partial charge in [0, 0.05) is 49.7 Å². The molecule has 1 aliphatic heterocycles. The van der Waals surface area contributed by atoms with Gasteiger partial charge in [0.1, 0.15) is 5.75 Å². The third-order valence-electron chi connectivity index (χ3n) is 7.60. The molecule has 44 heavy (non-hydrogen) atoms. The molecular formula is C32H28N6O6. The van der Waals surface area contributed by atoms with Crippen LogP contribution in [-0.4, -0.2) is 93.5 Å². The van der Waals surface area contributed by atoms with Gasteiger partial charge in [-0.25, -0.2) is 14.5 Å². The zero-order valence-corrected chi connectivity index (χ0v) is 24.0. The van der Waals surface area contributed by atoms with E-state index >= 15 is 0 Å². The normalized spacial score (nSPS) is 13.1. The SMILES string of the molecule is COC(=O)c1ccc(-c2ccn(-c3ncc(OC)c4c(C(=O)C(=O)N5CCN(C(=O)c6ccccc6)CC5)c[nH]c34)n2)cc1. The third-order valence-corrected chi connectivity index (χ3v) is 7.60. The molecule has 1 aliphatic rings. The van der Waals surface area contributed by atoms with Gasteiger partial charge in [-0.15, -0.1) is 0 Å². The predicted molar refractivity (Wildman–Crippen MR) is 160 cm³/mol. The Morgan fingerprint density at radius 3 is 2.23 bits per heavy atom. The van der Waals surface area contributed by atoms with Crippen molar-refractivity contribution < 1.29 is 28.7 Å². The summed E-state index contributed by atoms with van der Waals surface area (Å²) in [5.74, 6) is -1.16. The molecule has 1 N–H and O–H groups in total. The molecule has 0 aliphatic carbocycles. The van der Waals surface area contributed by atoms with Crippen LogP contribution in [0, 0.1) is 0 Å². The van der Waals surface area contributed by atoms with Crippen LogP contribution >= 0.6 is 0 Å². The summed E-state index contributed by atoms with van der Waals surface area (Å²) in [6.45, 7) is 1.13. The van der Waals surface area contributed by atoms with Gasteiger partial charge in [-0.2, -0.15) is 5.10 Å². The van der Waals surface area contributed by atoms with E-state index in [1.807, 2.05) is 6.07 Å². The van der Waals surface area contributed by atoms with Crippen LogP contribution in [0.4, 0.5) is 0 Å². The van der Waals surface area contributed by atoms with Crippen molar-refractivity contribution in [3.8, 4) is 22.8 Å². The molecule has 2 amide bonds. The molecule has 0 spiro atoms. The van der Waals surface area contributed by atoms with Crippen LogP contribution < -0.4 is 4.74 Å².